The standard InChI is InChI=1S/C21H24N2O5/c1-4-14-5-7-16(8-6-14)23-13-19(28-21(23)25)12-22-20(24)15-9-17(26-2)11-18(10-15)27-3/h5-11,19H,4,12-13H2,1-3H3,(H,22,24). The van der Waals surface area contributed by atoms with Crippen LogP contribution in [0.5, 0.6) is 11.5 Å². The summed E-state index contributed by atoms with van der Waals surface area (Å²) in [6.45, 7) is 2.68. The Morgan fingerprint density at radius 2 is 1.79 bits per heavy atom. The van der Waals surface area contributed by atoms with Crippen LogP contribution in [0.15, 0.2) is 42.5 Å². The molecule has 2 amide bonds. The highest BCUT2D eigenvalue weighted by atomic mass is 16.6. The molecule has 7 nitrogen and oxygen atoms in total. The van der Waals surface area contributed by atoms with E-state index in [-0.39, 0.29) is 12.5 Å². The molecule has 3 rings (SSSR count). The lowest BCUT2D eigenvalue weighted by atomic mass is 10.1. The van der Waals surface area contributed by atoms with Gasteiger partial charge in [0.1, 0.15) is 17.6 Å². The zero-order chi connectivity index (χ0) is 20.1. The van der Waals surface area contributed by atoms with E-state index < -0.39 is 12.2 Å². The molecule has 1 saturated heterocycles. The average molecular weight is 384 g/mol. The first-order valence-electron chi connectivity index (χ1n) is 9.12. The molecule has 1 unspecified atom stereocenters. The molecule has 2 aromatic rings. The van der Waals surface area contributed by atoms with Gasteiger partial charge >= 0.3 is 6.09 Å². The normalized spacial score (nSPS) is 15.9. The molecule has 0 spiro atoms. The molecule has 0 bridgehead atoms. The van der Waals surface area contributed by atoms with Gasteiger partial charge in [0.25, 0.3) is 5.91 Å². The smallest absolute Gasteiger partial charge is 0.414 e. The number of nitrogens with zero attached hydrogens (tertiary/aromatic N) is 1. The van der Waals surface area contributed by atoms with Crippen molar-refractivity contribution < 1.29 is 23.8 Å². The third-order valence-electron chi connectivity index (χ3n) is 4.63. The molecule has 1 heterocycles. The molecular weight excluding hydrogens is 360 g/mol. The van der Waals surface area contributed by atoms with Crippen molar-refractivity contribution in [2.75, 3.05) is 32.2 Å². The number of anilines is 1. The maximum atomic E-state index is 12.5. The number of hydrogen-bond donors (Lipinski definition) is 1. The summed E-state index contributed by atoms with van der Waals surface area (Å²) in [4.78, 5) is 26.2. The fourth-order valence-corrected chi connectivity index (χ4v) is 3.00. The van der Waals surface area contributed by atoms with Crippen molar-refractivity contribution in [2.45, 2.75) is 19.4 Å². The number of aryl methyl sites for hydroxylation is 1. The van der Waals surface area contributed by atoms with Crippen molar-refractivity contribution in [1.29, 1.82) is 0 Å². The number of benzene rings is 2. The van der Waals surface area contributed by atoms with Crippen LogP contribution in [0.4, 0.5) is 10.5 Å². The first-order chi connectivity index (χ1) is 13.5. The molecule has 148 valence electrons. The highest BCUT2D eigenvalue weighted by Crippen LogP contribution is 2.24. The summed E-state index contributed by atoms with van der Waals surface area (Å²) in [7, 11) is 3.05. The van der Waals surface area contributed by atoms with Gasteiger partial charge in [-0.25, -0.2) is 4.79 Å². The Kier molecular flexibility index (Phi) is 6.03. The highest BCUT2D eigenvalue weighted by molar-refractivity contribution is 5.95. The molecule has 0 aromatic heterocycles. The summed E-state index contributed by atoms with van der Waals surface area (Å²) >= 11 is 0. The van der Waals surface area contributed by atoms with Gasteiger partial charge in [-0.1, -0.05) is 19.1 Å². The Balaban J connectivity index is 1.60. The number of cyclic esters (lactones) is 1. The first-order valence-corrected chi connectivity index (χ1v) is 9.12. The fourth-order valence-electron chi connectivity index (χ4n) is 3.00. The van der Waals surface area contributed by atoms with Crippen LogP contribution in [0.3, 0.4) is 0 Å². The van der Waals surface area contributed by atoms with E-state index in [4.69, 9.17) is 14.2 Å². The molecule has 1 N–H and O–H groups in total. The topological polar surface area (TPSA) is 77.1 Å². The third kappa shape index (κ3) is 4.36. The number of carbonyl (C=O) groups excluding carboxylic acids is 2. The van der Waals surface area contributed by atoms with Crippen LogP contribution in [0.1, 0.15) is 22.8 Å². The second-order valence-electron chi connectivity index (χ2n) is 6.45. The first kappa shape index (κ1) is 19.5. The monoisotopic (exact) mass is 384 g/mol. The largest absolute Gasteiger partial charge is 0.497 e. The molecule has 0 aliphatic carbocycles. The van der Waals surface area contributed by atoms with Crippen LogP contribution in [-0.4, -0.2) is 45.4 Å². The molecule has 1 atom stereocenters. The minimum Gasteiger partial charge on any atom is -0.497 e. The average Bonchev–Trinajstić information content (AvgIpc) is 3.12. The Morgan fingerprint density at radius 1 is 1.14 bits per heavy atom. The predicted molar refractivity (Wildman–Crippen MR) is 105 cm³/mol. The second kappa shape index (κ2) is 8.65. The van der Waals surface area contributed by atoms with E-state index in [1.807, 2.05) is 24.3 Å². The molecule has 1 aliphatic heterocycles. The van der Waals surface area contributed by atoms with Crippen molar-refractivity contribution in [3.05, 3.63) is 53.6 Å². The number of hydrogen-bond acceptors (Lipinski definition) is 5. The predicted octanol–water partition coefficient (Wildman–Crippen LogP) is 3.02. The van der Waals surface area contributed by atoms with Gasteiger partial charge in [0, 0.05) is 17.3 Å². The van der Waals surface area contributed by atoms with Crippen molar-refractivity contribution in [3.8, 4) is 11.5 Å². The highest BCUT2D eigenvalue weighted by Gasteiger charge is 2.32. The molecular formula is C21H24N2O5. The lowest BCUT2D eigenvalue weighted by Gasteiger charge is -2.14. The summed E-state index contributed by atoms with van der Waals surface area (Å²) in [6, 6.07) is 12.7. The molecule has 28 heavy (non-hydrogen) atoms. The van der Waals surface area contributed by atoms with Crippen molar-refractivity contribution >= 4 is 17.7 Å². The summed E-state index contributed by atoms with van der Waals surface area (Å²) in [6.07, 6.45) is 0.107. The van der Waals surface area contributed by atoms with Crippen molar-refractivity contribution in [2.24, 2.45) is 0 Å². The molecule has 1 fully saturated rings. The summed E-state index contributed by atoms with van der Waals surface area (Å²) in [5.74, 6) is 0.760. The van der Waals surface area contributed by atoms with E-state index in [9.17, 15) is 9.59 Å². The minimum atomic E-state index is -0.421. The summed E-state index contributed by atoms with van der Waals surface area (Å²) < 4.78 is 15.7. The molecule has 0 saturated carbocycles. The molecule has 7 heteroatoms. The van der Waals surface area contributed by atoms with E-state index in [0.717, 1.165) is 12.1 Å². The van der Waals surface area contributed by atoms with Crippen molar-refractivity contribution in [1.82, 2.24) is 5.32 Å². The Labute approximate surface area is 164 Å². The number of nitrogens with one attached hydrogen (secondary N) is 1. The molecule has 0 radical (unpaired) electrons. The maximum Gasteiger partial charge on any atom is 0.414 e. The Morgan fingerprint density at radius 3 is 2.36 bits per heavy atom. The van der Waals surface area contributed by atoms with Gasteiger partial charge in [0.05, 0.1) is 27.3 Å². The number of methoxy groups -OCH3 is 2. The van der Waals surface area contributed by atoms with Crippen LogP contribution in [0.2, 0.25) is 0 Å². The summed E-state index contributed by atoms with van der Waals surface area (Å²) in [5, 5.41) is 2.80. The van der Waals surface area contributed by atoms with E-state index in [1.165, 1.54) is 19.8 Å². The van der Waals surface area contributed by atoms with Crippen LogP contribution >= 0.6 is 0 Å². The molecule has 2 aromatic carbocycles. The maximum absolute atomic E-state index is 12.5. The van der Waals surface area contributed by atoms with Gasteiger partial charge in [0.15, 0.2) is 0 Å². The Bertz CT molecular complexity index is 828. The minimum absolute atomic E-state index is 0.216. The van der Waals surface area contributed by atoms with Gasteiger partial charge in [-0.3, -0.25) is 9.69 Å². The fraction of sp³-hybridized carbons (Fsp3) is 0.333. The Hall–Kier alpha value is -3.22. The lowest BCUT2D eigenvalue weighted by molar-refractivity contribution is 0.0915. The van der Waals surface area contributed by atoms with Crippen molar-refractivity contribution in [3.63, 3.8) is 0 Å². The lowest BCUT2D eigenvalue weighted by Crippen LogP contribution is -2.34. The third-order valence-corrected chi connectivity index (χ3v) is 4.63. The zero-order valence-electron chi connectivity index (χ0n) is 16.2. The number of carbonyl (C=O) groups is 2. The molecule has 1 aliphatic rings. The van der Waals surface area contributed by atoms with Gasteiger partial charge in [0.2, 0.25) is 0 Å². The number of rotatable bonds is 7. The van der Waals surface area contributed by atoms with Gasteiger partial charge < -0.3 is 19.5 Å². The van der Waals surface area contributed by atoms with E-state index in [2.05, 4.69) is 12.2 Å². The van der Waals surface area contributed by atoms with E-state index >= 15 is 0 Å². The zero-order valence-corrected chi connectivity index (χ0v) is 16.2. The van der Waals surface area contributed by atoms with Gasteiger partial charge in [-0.2, -0.15) is 0 Å². The quantitative estimate of drug-likeness (QED) is 0.794. The van der Waals surface area contributed by atoms with E-state index in [0.29, 0.717) is 23.6 Å². The van der Waals surface area contributed by atoms with Crippen LogP contribution in [0.25, 0.3) is 0 Å². The van der Waals surface area contributed by atoms with Gasteiger partial charge in [-0.05, 0) is 36.2 Å². The number of ether oxygens (including phenoxy) is 3. The van der Waals surface area contributed by atoms with Gasteiger partial charge in [-0.15, -0.1) is 0 Å². The SMILES string of the molecule is CCc1ccc(N2CC(CNC(=O)c3cc(OC)cc(OC)c3)OC2=O)cc1. The van der Waals surface area contributed by atoms with Crippen LogP contribution in [-0.2, 0) is 11.2 Å². The van der Waals surface area contributed by atoms with E-state index in [1.54, 1.807) is 23.1 Å². The second-order valence-corrected chi connectivity index (χ2v) is 6.45. The van der Waals surface area contributed by atoms with Crippen LogP contribution in [0, 0.1) is 0 Å². The number of amides is 2. The van der Waals surface area contributed by atoms with Crippen LogP contribution < -0.4 is 19.7 Å². The summed E-state index contributed by atoms with van der Waals surface area (Å²) in [5.41, 5.74) is 2.40.